The minimum atomic E-state index is 0.282. The zero-order chi connectivity index (χ0) is 16.0. The first-order valence-electron chi connectivity index (χ1n) is 8.49. The van der Waals surface area contributed by atoms with Crippen molar-refractivity contribution in [2.24, 2.45) is 0 Å². The molecule has 4 rings (SSSR count). The summed E-state index contributed by atoms with van der Waals surface area (Å²) in [6, 6.07) is 11.0. The number of nitrogens with zero attached hydrogens (tertiary/aromatic N) is 1. The normalized spacial score (nSPS) is 19.1. The number of hydrogen-bond acceptors (Lipinski definition) is 3. The zero-order valence-corrected chi connectivity index (χ0v) is 13.8. The number of phenols is 1. The van der Waals surface area contributed by atoms with Gasteiger partial charge >= 0.3 is 0 Å². The fourth-order valence-corrected chi connectivity index (χ4v) is 4.29. The molecule has 3 nitrogen and oxygen atoms in total. The molecule has 0 fully saturated rings. The highest BCUT2D eigenvalue weighted by Crippen LogP contribution is 2.50. The largest absolute Gasteiger partial charge is 0.504 e. The van der Waals surface area contributed by atoms with Gasteiger partial charge in [0.2, 0.25) is 0 Å². The maximum atomic E-state index is 10.7. The van der Waals surface area contributed by atoms with Crippen LogP contribution in [0.5, 0.6) is 11.5 Å². The summed E-state index contributed by atoms with van der Waals surface area (Å²) < 4.78 is 5.32. The average Bonchev–Trinajstić information content (AvgIpc) is 2.57. The van der Waals surface area contributed by atoms with Crippen LogP contribution < -0.4 is 4.74 Å². The number of rotatable bonds is 3. The number of methoxy groups -OCH3 is 1. The molecule has 0 saturated carbocycles. The van der Waals surface area contributed by atoms with Gasteiger partial charge in [-0.2, -0.15) is 0 Å². The fraction of sp³-hybridized carbons (Fsp3) is 0.400. The highest BCUT2D eigenvalue weighted by atomic mass is 16.5. The predicted octanol–water partition coefficient (Wildman–Crippen LogP) is 3.93. The summed E-state index contributed by atoms with van der Waals surface area (Å²) in [6.45, 7) is 4.51. The Morgan fingerprint density at radius 2 is 2.09 bits per heavy atom. The molecule has 0 aromatic heterocycles. The lowest BCUT2D eigenvalue weighted by molar-refractivity contribution is 0.183. The van der Waals surface area contributed by atoms with Crippen molar-refractivity contribution in [3.05, 3.63) is 47.0 Å². The number of aromatic hydroxyl groups is 1. The standard InChI is InChI=1S/C20H23NO2/c1-3-10-21-11-9-13-5-4-6-15-18(13)16(21)12-14-7-8-17(23-2)20(22)19(14)15/h4-8,16,22H,3,9-12H2,1-2H3/t16-/m0/s1. The molecule has 120 valence electrons. The van der Waals surface area contributed by atoms with Gasteiger partial charge in [-0.1, -0.05) is 31.2 Å². The number of ether oxygens (including phenoxy) is 1. The Kier molecular flexibility index (Phi) is 3.53. The van der Waals surface area contributed by atoms with Gasteiger partial charge in [-0.25, -0.2) is 0 Å². The summed E-state index contributed by atoms with van der Waals surface area (Å²) in [6.07, 6.45) is 3.24. The van der Waals surface area contributed by atoms with E-state index in [4.69, 9.17) is 4.74 Å². The average molecular weight is 309 g/mol. The monoisotopic (exact) mass is 309 g/mol. The lowest BCUT2D eigenvalue weighted by Gasteiger charge is -2.41. The van der Waals surface area contributed by atoms with E-state index in [9.17, 15) is 5.11 Å². The van der Waals surface area contributed by atoms with Crippen LogP contribution in [-0.4, -0.2) is 30.2 Å². The third-order valence-electron chi connectivity index (χ3n) is 5.28. The van der Waals surface area contributed by atoms with E-state index in [1.165, 1.54) is 28.7 Å². The quantitative estimate of drug-likeness (QED) is 0.932. The second-order valence-corrected chi connectivity index (χ2v) is 6.53. The molecule has 0 bridgehead atoms. The molecule has 2 aromatic rings. The van der Waals surface area contributed by atoms with Crippen LogP contribution in [0.15, 0.2) is 30.3 Å². The van der Waals surface area contributed by atoms with Gasteiger partial charge in [-0.3, -0.25) is 4.90 Å². The number of fused-ring (bicyclic) bond motifs is 2. The van der Waals surface area contributed by atoms with Gasteiger partial charge in [0.15, 0.2) is 11.5 Å². The third-order valence-corrected chi connectivity index (χ3v) is 5.28. The van der Waals surface area contributed by atoms with Crippen LogP contribution in [0.4, 0.5) is 0 Å². The first-order chi connectivity index (χ1) is 11.2. The van der Waals surface area contributed by atoms with Gasteiger partial charge < -0.3 is 9.84 Å². The number of phenolic OH excluding ortho intramolecular Hbond substituents is 1. The molecular weight excluding hydrogens is 286 g/mol. The lowest BCUT2D eigenvalue weighted by Crippen LogP contribution is -2.38. The molecule has 3 heteroatoms. The maximum absolute atomic E-state index is 10.7. The first kappa shape index (κ1) is 14.6. The first-order valence-corrected chi connectivity index (χ1v) is 8.49. The summed E-state index contributed by atoms with van der Waals surface area (Å²) in [7, 11) is 1.61. The van der Waals surface area contributed by atoms with Crippen molar-refractivity contribution in [3.63, 3.8) is 0 Å². The maximum Gasteiger partial charge on any atom is 0.165 e. The molecule has 1 aliphatic heterocycles. The van der Waals surface area contributed by atoms with E-state index in [0.29, 0.717) is 11.8 Å². The van der Waals surface area contributed by atoms with Crippen LogP contribution >= 0.6 is 0 Å². The highest BCUT2D eigenvalue weighted by molar-refractivity contribution is 5.82. The molecule has 0 spiro atoms. The lowest BCUT2D eigenvalue weighted by atomic mass is 9.76. The van der Waals surface area contributed by atoms with Crippen LogP contribution in [0, 0.1) is 0 Å². The second-order valence-electron chi connectivity index (χ2n) is 6.53. The predicted molar refractivity (Wildman–Crippen MR) is 92.1 cm³/mol. The van der Waals surface area contributed by atoms with E-state index < -0.39 is 0 Å². The molecule has 1 aliphatic carbocycles. The van der Waals surface area contributed by atoms with Crippen LogP contribution in [0.1, 0.15) is 36.1 Å². The van der Waals surface area contributed by atoms with Gasteiger partial charge in [-0.15, -0.1) is 0 Å². The highest BCUT2D eigenvalue weighted by Gasteiger charge is 2.35. The van der Waals surface area contributed by atoms with Crippen LogP contribution in [0.3, 0.4) is 0 Å². The van der Waals surface area contributed by atoms with Crippen molar-refractivity contribution in [2.75, 3.05) is 20.2 Å². The minimum absolute atomic E-state index is 0.282. The van der Waals surface area contributed by atoms with E-state index in [1.54, 1.807) is 7.11 Å². The Labute approximate surface area is 137 Å². The molecule has 1 atom stereocenters. The summed E-state index contributed by atoms with van der Waals surface area (Å²) in [5, 5.41) is 10.7. The molecule has 0 unspecified atom stereocenters. The molecule has 2 aromatic carbocycles. The van der Waals surface area contributed by atoms with Gasteiger partial charge in [0.25, 0.3) is 0 Å². The Balaban J connectivity index is 1.93. The topological polar surface area (TPSA) is 32.7 Å². The van der Waals surface area contributed by atoms with Crippen molar-refractivity contribution in [3.8, 4) is 22.6 Å². The molecule has 2 aliphatic rings. The summed E-state index contributed by atoms with van der Waals surface area (Å²) in [5.74, 6) is 0.838. The molecule has 0 amide bonds. The Bertz CT molecular complexity index is 754. The van der Waals surface area contributed by atoms with Gasteiger partial charge in [0.05, 0.1) is 7.11 Å². The molecular formula is C20H23NO2. The van der Waals surface area contributed by atoms with Crippen LogP contribution in [0.25, 0.3) is 11.1 Å². The summed E-state index contributed by atoms with van der Waals surface area (Å²) in [4.78, 5) is 2.61. The Morgan fingerprint density at radius 1 is 1.22 bits per heavy atom. The molecule has 1 heterocycles. The minimum Gasteiger partial charge on any atom is -0.504 e. The van der Waals surface area contributed by atoms with Crippen molar-refractivity contribution >= 4 is 0 Å². The Hall–Kier alpha value is -2.00. The molecule has 0 radical (unpaired) electrons. The van der Waals surface area contributed by atoms with E-state index in [0.717, 1.165) is 31.5 Å². The van der Waals surface area contributed by atoms with Gasteiger partial charge in [-0.05, 0) is 54.1 Å². The van der Waals surface area contributed by atoms with E-state index in [1.807, 2.05) is 6.07 Å². The van der Waals surface area contributed by atoms with E-state index >= 15 is 0 Å². The third kappa shape index (κ3) is 2.14. The zero-order valence-electron chi connectivity index (χ0n) is 13.8. The van der Waals surface area contributed by atoms with Crippen LogP contribution in [-0.2, 0) is 12.8 Å². The Morgan fingerprint density at radius 3 is 2.87 bits per heavy atom. The fourth-order valence-electron chi connectivity index (χ4n) is 4.29. The van der Waals surface area contributed by atoms with E-state index in [-0.39, 0.29) is 5.75 Å². The summed E-state index contributed by atoms with van der Waals surface area (Å²) in [5.41, 5.74) is 6.23. The van der Waals surface area contributed by atoms with Gasteiger partial charge in [0, 0.05) is 18.2 Å². The summed E-state index contributed by atoms with van der Waals surface area (Å²) >= 11 is 0. The van der Waals surface area contributed by atoms with Gasteiger partial charge in [0.1, 0.15) is 0 Å². The molecule has 0 saturated heterocycles. The number of benzene rings is 2. The van der Waals surface area contributed by atoms with E-state index in [2.05, 4.69) is 36.1 Å². The van der Waals surface area contributed by atoms with Crippen molar-refractivity contribution < 1.29 is 9.84 Å². The van der Waals surface area contributed by atoms with Crippen molar-refractivity contribution in [1.82, 2.24) is 4.90 Å². The smallest absolute Gasteiger partial charge is 0.165 e. The van der Waals surface area contributed by atoms with Crippen molar-refractivity contribution in [2.45, 2.75) is 32.2 Å². The SMILES string of the molecule is CCCN1CCc2cccc3c2[C@@H]1Cc1ccc(OC)c(O)c1-3. The second kappa shape index (κ2) is 5.57. The van der Waals surface area contributed by atoms with Crippen LogP contribution in [0.2, 0.25) is 0 Å². The van der Waals surface area contributed by atoms with Crippen molar-refractivity contribution in [1.29, 1.82) is 0 Å². The number of hydrogen-bond donors (Lipinski definition) is 1. The molecule has 23 heavy (non-hydrogen) atoms. The molecule has 1 N–H and O–H groups in total.